The third-order valence-electron chi connectivity index (χ3n) is 4.86. The molecule has 3 aromatic rings. The molecule has 7 nitrogen and oxygen atoms in total. The molecule has 10 heteroatoms. The van der Waals surface area contributed by atoms with Gasteiger partial charge in [0.2, 0.25) is 0 Å². The van der Waals surface area contributed by atoms with Crippen LogP contribution in [-0.2, 0) is 16.7 Å². The van der Waals surface area contributed by atoms with Gasteiger partial charge in [-0.25, -0.2) is 13.1 Å². The summed E-state index contributed by atoms with van der Waals surface area (Å²) in [6.45, 7) is 3.99. The normalized spacial score (nSPS) is 16.6. The summed E-state index contributed by atoms with van der Waals surface area (Å²) in [5.41, 5.74) is 0.662. The molecule has 1 fully saturated rings. The van der Waals surface area contributed by atoms with Crippen LogP contribution in [0.15, 0.2) is 45.4 Å². The van der Waals surface area contributed by atoms with Crippen molar-refractivity contribution in [1.82, 2.24) is 19.0 Å². The highest BCUT2D eigenvalue weighted by Crippen LogP contribution is 2.28. The standard InChI is InChI=1S/C18H19ClN4O3S2/c1-13-14-4-2-3-5-15(14)18(24)23(20-13)12-21-8-10-22(11-9-21)28(25,26)17-7-6-16(19)27-17/h2-7H,8-12H2,1H3. The Kier molecular flexibility index (Phi) is 5.28. The van der Waals surface area contributed by atoms with Crippen LogP contribution < -0.4 is 5.56 Å². The predicted molar refractivity (Wildman–Crippen MR) is 110 cm³/mol. The van der Waals surface area contributed by atoms with E-state index in [1.807, 2.05) is 30.0 Å². The number of thiophene rings is 1. The predicted octanol–water partition coefficient (Wildman–Crippen LogP) is 2.38. The highest BCUT2D eigenvalue weighted by Gasteiger charge is 2.30. The highest BCUT2D eigenvalue weighted by atomic mass is 35.5. The summed E-state index contributed by atoms with van der Waals surface area (Å²) < 4.78 is 29.0. The minimum atomic E-state index is -3.52. The molecular formula is C18H19ClN4O3S2. The molecule has 0 spiro atoms. The van der Waals surface area contributed by atoms with E-state index >= 15 is 0 Å². The van der Waals surface area contributed by atoms with Gasteiger partial charge >= 0.3 is 0 Å². The van der Waals surface area contributed by atoms with Gasteiger partial charge in [-0.3, -0.25) is 9.69 Å². The van der Waals surface area contributed by atoms with Gasteiger partial charge in [0, 0.05) is 31.6 Å². The van der Waals surface area contributed by atoms with Crippen LogP contribution in [0.1, 0.15) is 5.69 Å². The Labute approximate surface area is 171 Å². The van der Waals surface area contributed by atoms with Crippen LogP contribution in [-0.4, -0.2) is 53.6 Å². The minimum Gasteiger partial charge on any atom is -0.282 e. The van der Waals surface area contributed by atoms with Crippen LogP contribution >= 0.6 is 22.9 Å². The summed E-state index contributed by atoms with van der Waals surface area (Å²) in [4.78, 5) is 14.8. The molecule has 28 heavy (non-hydrogen) atoms. The highest BCUT2D eigenvalue weighted by molar-refractivity contribution is 7.91. The van der Waals surface area contributed by atoms with E-state index in [1.54, 1.807) is 12.1 Å². The Morgan fingerprint density at radius 3 is 2.39 bits per heavy atom. The first-order valence-electron chi connectivity index (χ1n) is 8.80. The van der Waals surface area contributed by atoms with Gasteiger partial charge in [-0.15, -0.1) is 11.3 Å². The lowest BCUT2D eigenvalue weighted by atomic mass is 10.1. The van der Waals surface area contributed by atoms with Gasteiger partial charge in [-0.1, -0.05) is 29.8 Å². The largest absolute Gasteiger partial charge is 0.282 e. The maximum atomic E-state index is 12.7. The zero-order valence-corrected chi connectivity index (χ0v) is 17.6. The van der Waals surface area contributed by atoms with Gasteiger partial charge in [0.05, 0.1) is 22.1 Å². The van der Waals surface area contributed by atoms with Crippen LogP contribution in [0.25, 0.3) is 10.8 Å². The fourth-order valence-corrected chi connectivity index (χ4v) is 6.42. The van der Waals surface area contributed by atoms with Gasteiger partial charge in [-0.05, 0) is 25.1 Å². The average Bonchev–Trinajstić information content (AvgIpc) is 3.14. The lowest BCUT2D eigenvalue weighted by Gasteiger charge is -2.33. The Hall–Kier alpha value is -1.78. The summed E-state index contributed by atoms with van der Waals surface area (Å²) in [7, 11) is -3.52. The molecule has 1 aromatic carbocycles. The molecule has 4 rings (SSSR count). The smallest absolute Gasteiger partial charge is 0.275 e. The number of rotatable bonds is 4. The lowest BCUT2D eigenvalue weighted by Crippen LogP contribution is -2.49. The zero-order valence-electron chi connectivity index (χ0n) is 15.2. The van der Waals surface area contributed by atoms with Crippen LogP contribution in [0.3, 0.4) is 0 Å². The number of fused-ring (bicyclic) bond motifs is 1. The third kappa shape index (κ3) is 3.60. The maximum Gasteiger partial charge on any atom is 0.275 e. The number of sulfonamides is 1. The molecule has 0 bridgehead atoms. The first kappa shape index (κ1) is 19.5. The molecule has 0 unspecified atom stereocenters. The quantitative estimate of drug-likeness (QED) is 0.625. The van der Waals surface area contributed by atoms with Gasteiger partial charge in [0.15, 0.2) is 0 Å². The van der Waals surface area contributed by atoms with Gasteiger partial charge < -0.3 is 0 Å². The Bertz CT molecular complexity index is 1180. The minimum absolute atomic E-state index is 0.135. The molecule has 1 saturated heterocycles. The Balaban J connectivity index is 1.49. The lowest BCUT2D eigenvalue weighted by molar-refractivity contribution is 0.143. The molecule has 148 valence electrons. The molecule has 1 aliphatic rings. The van der Waals surface area contributed by atoms with Crippen LogP contribution in [0.2, 0.25) is 4.34 Å². The van der Waals surface area contributed by atoms with Gasteiger partial charge in [0.1, 0.15) is 4.21 Å². The van der Waals surface area contributed by atoms with Crippen LogP contribution in [0, 0.1) is 6.92 Å². The number of hydrogen-bond acceptors (Lipinski definition) is 6. The summed E-state index contributed by atoms with van der Waals surface area (Å²) in [6.07, 6.45) is 0. The van der Waals surface area contributed by atoms with Gasteiger partial charge in [0.25, 0.3) is 15.6 Å². The number of nitrogens with zero attached hydrogens (tertiary/aromatic N) is 4. The van der Waals surface area contributed by atoms with E-state index in [0.717, 1.165) is 22.4 Å². The molecule has 0 radical (unpaired) electrons. The second-order valence-electron chi connectivity index (χ2n) is 6.66. The van der Waals surface area contributed by atoms with Crippen molar-refractivity contribution in [3.63, 3.8) is 0 Å². The van der Waals surface area contributed by atoms with E-state index in [0.29, 0.717) is 42.6 Å². The van der Waals surface area contributed by atoms with E-state index < -0.39 is 10.0 Å². The summed E-state index contributed by atoms with van der Waals surface area (Å²) >= 11 is 6.94. The number of aromatic nitrogens is 2. The van der Waals surface area contributed by atoms with E-state index in [9.17, 15) is 13.2 Å². The Morgan fingerprint density at radius 2 is 1.75 bits per heavy atom. The summed E-state index contributed by atoms with van der Waals surface area (Å²) in [5.74, 6) is 0. The molecule has 0 atom stereocenters. The number of aryl methyl sites for hydroxylation is 1. The monoisotopic (exact) mass is 438 g/mol. The van der Waals surface area contributed by atoms with Crippen LogP contribution in [0.4, 0.5) is 0 Å². The fourth-order valence-electron chi connectivity index (χ4n) is 3.36. The van der Waals surface area contributed by atoms with Crippen molar-refractivity contribution < 1.29 is 8.42 Å². The fraction of sp³-hybridized carbons (Fsp3) is 0.333. The average molecular weight is 439 g/mol. The zero-order chi connectivity index (χ0) is 19.9. The van der Waals surface area contributed by atoms with E-state index in [4.69, 9.17) is 11.6 Å². The number of halogens is 1. The van der Waals surface area contributed by atoms with Crippen molar-refractivity contribution in [1.29, 1.82) is 0 Å². The second kappa shape index (κ2) is 7.57. The first-order chi connectivity index (χ1) is 13.4. The molecule has 0 N–H and O–H groups in total. The van der Waals surface area contributed by atoms with Gasteiger partial charge in [-0.2, -0.15) is 9.40 Å². The van der Waals surface area contributed by atoms with Crippen LogP contribution in [0.5, 0.6) is 0 Å². The second-order valence-corrected chi connectivity index (χ2v) is 10.5. The van der Waals surface area contributed by atoms with Crippen molar-refractivity contribution in [2.24, 2.45) is 0 Å². The summed E-state index contributed by atoms with van der Waals surface area (Å²) in [6, 6.07) is 10.6. The Morgan fingerprint density at radius 1 is 1.07 bits per heavy atom. The molecule has 2 aromatic heterocycles. The van der Waals surface area contributed by atoms with Crippen molar-refractivity contribution in [2.45, 2.75) is 17.8 Å². The number of benzene rings is 1. The van der Waals surface area contributed by atoms with E-state index in [2.05, 4.69) is 5.10 Å². The molecule has 0 aliphatic carbocycles. The topological polar surface area (TPSA) is 75.5 Å². The molecule has 0 amide bonds. The molecule has 3 heterocycles. The van der Waals surface area contributed by atoms with Crippen molar-refractivity contribution in [3.05, 3.63) is 56.8 Å². The van der Waals surface area contributed by atoms with E-state index in [1.165, 1.54) is 15.1 Å². The maximum absolute atomic E-state index is 12.7. The summed E-state index contributed by atoms with van der Waals surface area (Å²) in [5, 5.41) is 5.93. The van der Waals surface area contributed by atoms with Crippen molar-refractivity contribution in [2.75, 3.05) is 26.2 Å². The van der Waals surface area contributed by atoms with Crippen molar-refractivity contribution >= 4 is 43.7 Å². The van der Waals surface area contributed by atoms with Crippen molar-refractivity contribution in [3.8, 4) is 0 Å². The molecule has 0 saturated carbocycles. The number of hydrogen-bond donors (Lipinski definition) is 0. The third-order valence-corrected chi connectivity index (χ3v) is 8.46. The number of piperazine rings is 1. The SMILES string of the molecule is Cc1nn(CN2CCN(S(=O)(=O)c3ccc(Cl)s3)CC2)c(=O)c2ccccc12. The molecular weight excluding hydrogens is 420 g/mol. The molecule has 1 aliphatic heterocycles. The first-order valence-corrected chi connectivity index (χ1v) is 11.4. The van der Waals surface area contributed by atoms with E-state index in [-0.39, 0.29) is 9.77 Å².